The Morgan fingerprint density at radius 1 is 0.816 bits per heavy atom. The predicted octanol–water partition coefficient (Wildman–Crippen LogP) is -8.74. The Hall–Kier alpha value is -1.29. The molecule has 3 heterocycles. The van der Waals surface area contributed by atoms with Gasteiger partial charge in [0.15, 0.2) is 25.0 Å². The number of hydrogen-bond acceptors (Lipinski definition) is 20. The van der Waals surface area contributed by atoms with Gasteiger partial charge in [0.1, 0.15) is 61.0 Å². The highest BCUT2D eigenvalue weighted by Gasteiger charge is 2.54. The summed E-state index contributed by atoms with van der Waals surface area (Å²) in [6.07, 6.45) is -19.0. The fraction of sp³-hybridized carbons (Fsp3) is 0.964. The largest absolute Gasteiger partial charge is 0.394 e. The van der Waals surface area contributed by atoms with Crippen molar-refractivity contribution in [2.24, 2.45) is 28.7 Å². The lowest BCUT2D eigenvalue weighted by molar-refractivity contribution is -0.289. The molecule has 0 aromatic rings. The Morgan fingerprint density at radius 3 is 2.10 bits per heavy atom. The normalized spacial score (nSPS) is 45.9. The molecule has 4 aliphatic rings. The van der Waals surface area contributed by atoms with Gasteiger partial charge in [0.2, 0.25) is 0 Å². The lowest BCUT2D eigenvalue weighted by Crippen LogP contribution is -2.67. The second-order valence-electron chi connectivity index (χ2n) is 13.0. The molecule has 286 valence electrons. The van der Waals surface area contributed by atoms with Gasteiger partial charge in [-0.2, -0.15) is 0 Å². The first kappa shape index (κ1) is 40.5. The average molecular weight is 714 g/mol. The van der Waals surface area contributed by atoms with Gasteiger partial charge in [0.25, 0.3) is 5.91 Å². The van der Waals surface area contributed by atoms with Crippen molar-refractivity contribution in [3.8, 4) is 0 Å². The summed E-state index contributed by atoms with van der Waals surface area (Å²) in [5.41, 5.74) is 29.9. The summed E-state index contributed by atoms with van der Waals surface area (Å²) in [5, 5.41) is 79.1. The number of carbonyl (C=O) groups excluding carboxylic acids is 1. The third-order valence-electron chi connectivity index (χ3n) is 9.48. The molecule has 0 aromatic carbocycles. The molecule has 1 saturated carbocycles. The molecular formula is C28H55N7O14. The van der Waals surface area contributed by atoms with E-state index in [0.29, 0.717) is 19.4 Å². The van der Waals surface area contributed by atoms with E-state index in [1.165, 1.54) is 0 Å². The van der Waals surface area contributed by atoms with Crippen LogP contribution in [0, 0.1) is 0 Å². The Labute approximate surface area is 283 Å². The molecule has 3 saturated heterocycles. The van der Waals surface area contributed by atoms with Crippen LogP contribution in [0.2, 0.25) is 0 Å². The smallest absolute Gasteiger partial charge is 0.251 e. The number of ether oxygens (including phenoxy) is 6. The predicted molar refractivity (Wildman–Crippen MR) is 165 cm³/mol. The van der Waals surface area contributed by atoms with E-state index in [1.54, 1.807) is 7.05 Å². The van der Waals surface area contributed by atoms with Gasteiger partial charge < -0.3 is 103 Å². The number of rotatable bonds is 14. The van der Waals surface area contributed by atoms with Gasteiger partial charge in [0, 0.05) is 25.7 Å². The molecule has 3 aliphatic heterocycles. The molecular weight excluding hydrogens is 658 g/mol. The lowest BCUT2D eigenvalue weighted by Gasteiger charge is -2.46. The maximum atomic E-state index is 12.7. The molecule has 21 heteroatoms. The van der Waals surface area contributed by atoms with Crippen LogP contribution in [0.15, 0.2) is 0 Å². The zero-order chi connectivity index (χ0) is 36.2. The quantitative estimate of drug-likeness (QED) is 0.0794. The monoisotopic (exact) mass is 713 g/mol. The summed E-state index contributed by atoms with van der Waals surface area (Å²) in [4.78, 5) is 12.7. The highest BCUT2D eigenvalue weighted by Crippen LogP contribution is 2.34. The van der Waals surface area contributed by atoms with Gasteiger partial charge >= 0.3 is 0 Å². The number of hydrogen-bond donors (Lipinski definition) is 14. The van der Waals surface area contributed by atoms with Gasteiger partial charge in [-0.05, 0) is 26.3 Å². The summed E-state index contributed by atoms with van der Waals surface area (Å²) in [5.74, 6) is -1.03. The first-order valence-corrected chi connectivity index (χ1v) is 16.5. The number of nitrogens with one attached hydrogen (secondary N) is 2. The number of likely N-dealkylation sites (N-methyl/N-ethyl adjacent to an activating group) is 1. The van der Waals surface area contributed by atoms with E-state index in [9.17, 15) is 40.5 Å². The highest BCUT2D eigenvalue weighted by molar-refractivity contribution is 5.81. The Kier molecular flexibility index (Phi) is 14.8. The minimum Gasteiger partial charge on any atom is -0.394 e. The summed E-state index contributed by atoms with van der Waals surface area (Å²) >= 11 is 0. The minimum absolute atomic E-state index is 0.0861. The van der Waals surface area contributed by atoms with E-state index in [4.69, 9.17) is 57.1 Å². The van der Waals surface area contributed by atoms with Crippen molar-refractivity contribution in [1.82, 2.24) is 10.6 Å². The topological polar surface area (TPSA) is 368 Å². The molecule has 0 radical (unpaired) electrons. The van der Waals surface area contributed by atoms with Crippen molar-refractivity contribution in [2.45, 2.75) is 136 Å². The van der Waals surface area contributed by atoms with Crippen LogP contribution in [0.3, 0.4) is 0 Å². The second kappa shape index (κ2) is 18.0. The van der Waals surface area contributed by atoms with Crippen LogP contribution < -0.4 is 39.3 Å². The van der Waals surface area contributed by atoms with Crippen LogP contribution in [0.4, 0.5) is 0 Å². The molecule has 4 fully saturated rings. The summed E-state index contributed by atoms with van der Waals surface area (Å²) in [6.45, 7) is -0.762. The highest BCUT2D eigenvalue weighted by atomic mass is 16.8. The summed E-state index contributed by atoms with van der Waals surface area (Å²) in [6, 6.07) is -3.95. The van der Waals surface area contributed by atoms with Crippen molar-refractivity contribution in [2.75, 3.05) is 33.3 Å². The number of aliphatic hydroxyl groups is 7. The first-order valence-electron chi connectivity index (χ1n) is 16.5. The molecule has 1 amide bonds. The molecule has 0 bridgehead atoms. The summed E-state index contributed by atoms with van der Waals surface area (Å²) < 4.78 is 35.7. The Bertz CT molecular complexity index is 1040. The molecule has 21 nitrogen and oxygen atoms in total. The second-order valence-corrected chi connectivity index (χ2v) is 13.0. The summed E-state index contributed by atoms with van der Waals surface area (Å²) in [7, 11) is 1.77. The maximum absolute atomic E-state index is 12.7. The van der Waals surface area contributed by atoms with Crippen molar-refractivity contribution in [3.63, 3.8) is 0 Å². The third kappa shape index (κ3) is 9.21. The van der Waals surface area contributed by atoms with Gasteiger partial charge in [-0.1, -0.05) is 0 Å². The lowest BCUT2D eigenvalue weighted by atomic mass is 9.83. The van der Waals surface area contributed by atoms with Crippen LogP contribution in [0.25, 0.3) is 0 Å². The fourth-order valence-electron chi connectivity index (χ4n) is 6.54. The van der Waals surface area contributed by atoms with E-state index in [1.807, 2.05) is 0 Å². The molecule has 19 N–H and O–H groups in total. The van der Waals surface area contributed by atoms with Crippen LogP contribution in [-0.2, 0) is 33.2 Å². The number of amides is 1. The SMILES string of the molecule is CNC[C@@H]1CC[C@@H](N)[C@@H](O[C@H]2[C@H](O[C@@H]3O[C@H](CO)[C@@H](O[C@H]4O[C@@H](CN)[C@@H](O)[C@H](O)[C@H]4N)[C@H]3O)[C@@H](O)[C@H](NC(=O)C(O)[C@H](O)CN)C[C@@H]2N)O1. The molecule has 1 aliphatic carbocycles. The maximum Gasteiger partial charge on any atom is 0.251 e. The van der Waals surface area contributed by atoms with Crippen molar-refractivity contribution in [3.05, 3.63) is 0 Å². The van der Waals surface area contributed by atoms with E-state index in [0.717, 1.165) is 0 Å². The van der Waals surface area contributed by atoms with Crippen LogP contribution in [0.5, 0.6) is 0 Å². The van der Waals surface area contributed by atoms with E-state index in [-0.39, 0.29) is 19.1 Å². The molecule has 49 heavy (non-hydrogen) atoms. The fourth-order valence-corrected chi connectivity index (χ4v) is 6.54. The zero-order valence-electron chi connectivity index (χ0n) is 27.3. The van der Waals surface area contributed by atoms with Crippen LogP contribution >= 0.6 is 0 Å². The number of nitrogens with two attached hydrogens (primary N) is 5. The van der Waals surface area contributed by atoms with Crippen molar-refractivity contribution < 1.29 is 69.0 Å². The van der Waals surface area contributed by atoms with Crippen molar-refractivity contribution >= 4 is 5.91 Å². The number of aliphatic hydroxyl groups excluding tert-OH is 7. The standard InChI is InChI=1S/C28H55N7O14/c1-34-7-9-2-3-10(31)26(44-9)47-22-11(32)4-12(35-25(43)18(39)13(37)5-29)17(38)24(22)49-28-21(42)23(15(8-36)46-28)48-27-16(33)20(41)19(40)14(6-30)45-27/h9-24,26-28,34,36-42H,2-8,29-33H2,1H3,(H,35,43)/t9-,10+,11-,12+,13+,14-,15+,16+,17-,18?,19+,20+,21+,22+,23+,24+,26+,27+,28-/m0/s1. The molecule has 0 spiro atoms. The van der Waals surface area contributed by atoms with Crippen molar-refractivity contribution in [1.29, 1.82) is 0 Å². The third-order valence-corrected chi connectivity index (χ3v) is 9.48. The van der Waals surface area contributed by atoms with E-state index < -0.39 is 129 Å². The Balaban J connectivity index is 1.55. The zero-order valence-corrected chi connectivity index (χ0v) is 27.3. The van der Waals surface area contributed by atoms with Gasteiger partial charge in [-0.25, -0.2) is 0 Å². The molecule has 4 rings (SSSR count). The minimum atomic E-state index is -1.91. The molecule has 0 aromatic heterocycles. The van der Waals surface area contributed by atoms with Gasteiger partial charge in [-0.15, -0.1) is 0 Å². The van der Waals surface area contributed by atoms with Crippen LogP contribution in [0.1, 0.15) is 19.3 Å². The Morgan fingerprint density at radius 2 is 1.47 bits per heavy atom. The van der Waals surface area contributed by atoms with E-state index in [2.05, 4.69) is 10.6 Å². The molecule has 19 atom stereocenters. The molecule has 1 unspecified atom stereocenters. The van der Waals surface area contributed by atoms with Gasteiger partial charge in [-0.3, -0.25) is 4.79 Å². The average Bonchev–Trinajstić information content (AvgIpc) is 3.38. The van der Waals surface area contributed by atoms with Gasteiger partial charge in [0.05, 0.1) is 30.8 Å². The van der Waals surface area contributed by atoms with Crippen LogP contribution in [-0.4, -0.2) is 191 Å². The number of carbonyl (C=O) groups is 1. The van der Waals surface area contributed by atoms with E-state index >= 15 is 0 Å². The first-order chi connectivity index (χ1) is 23.3.